The van der Waals surface area contributed by atoms with Crippen molar-refractivity contribution in [3.63, 3.8) is 0 Å². The molecule has 3 N–H and O–H groups in total. The van der Waals surface area contributed by atoms with E-state index in [1.807, 2.05) is 0 Å². The van der Waals surface area contributed by atoms with Crippen molar-refractivity contribution in [2.75, 3.05) is 0 Å². The van der Waals surface area contributed by atoms with Crippen molar-refractivity contribution in [1.82, 2.24) is 5.32 Å². The Kier molecular flexibility index (Phi) is 4.30. The molecule has 0 bridgehead atoms. The van der Waals surface area contributed by atoms with Crippen molar-refractivity contribution >= 4 is 44.5 Å². The fourth-order valence-corrected chi connectivity index (χ4v) is 3.06. The molecule has 10 heteroatoms. The number of amidine groups is 1. The summed E-state index contributed by atoms with van der Waals surface area (Å²) >= 11 is 0.977. The van der Waals surface area contributed by atoms with Crippen LogP contribution in [0, 0.1) is 0 Å². The largest absolute Gasteiger partial charge is 0.550 e. The lowest BCUT2D eigenvalue weighted by molar-refractivity contribution is -0.305. The summed E-state index contributed by atoms with van der Waals surface area (Å²) < 4.78 is 22.2. The number of nitrogens with one attached hydrogen (secondary N) is 1. The van der Waals surface area contributed by atoms with Gasteiger partial charge in [0.05, 0.1) is 15.8 Å². The minimum atomic E-state index is -3.77. The predicted molar refractivity (Wildman–Crippen MR) is 74.1 cm³/mol. The molecule has 1 aliphatic rings. The molecular formula is C11H10N3O5S2-. The Bertz CT molecular complexity index is 712. The molecule has 112 valence electrons. The zero-order chi connectivity index (χ0) is 15.6. The second-order valence-electron chi connectivity index (χ2n) is 4.13. The number of hydrogen-bond acceptors (Lipinski definition) is 7. The highest BCUT2D eigenvalue weighted by Gasteiger charge is 2.30. The third-order valence-corrected chi connectivity index (χ3v) is 4.54. The maximum Gasteiger partial charge on any atom is 0.239 e. The van der Waals surface area contributed by atoms with E-state index >= 15 is 0 Å². The molecule has 1 heterocycles. The number of amides is 1. The van der Waals surface area contributed by atoms with Gasteiger partial charge in [0.2, 0.25) is 15.9 Å². The van der Waals surface area contributed by atoms with Gasteiger partial charge in [-0.3, -0.25) is 4.79 Å². The van der Waals surface area contributed by atoms with E-state index in [1.165, 1.54) is 24.3 Å². The number of primary sulfonamides is 1. The third-order valence-electron chi connectivity index (χ3n) is 2.52. The van der Waals surface area contributed by atoms with E-state index in [1.54, 1.807) is 0 Å². The van der Waals surface area contributed by atoms with Crippen LogP contribution in [0.1, 0.15) is 6.42 Å². The fourth-order valence-electron chi connectivity index (χ4n) is 1.57. The van der Waals surface area contributed by atoms with E-state index in [0.717, 1.165) is 11.8 Å². The highest BCUT2D eigenvalue weighted by molar-refractivity contribution is 8.15. The molecule has 21 heavy (non-hydrogen) atoms. The molecule has 1 saturated heterocycles. The van der Waals surface area contributed by atoms with Gasteiger partial charge in [-0.2, -0.15) is 0 Å². The monoisotopic (exact) mass is 328 g/mol. The van der Waals surface area contributed by atoms with Gasteiger partial charge in [0.1, 0.15) is 0 Å². The van der Waals surface area contributed by atoms with Crippen molar-refractivity contribution < 1.29 is 23.1 Å². The molecule has 2 rings (SSSR count). The van der Waals surface area contributed by atoms with Crippen LogP contribution < -0.4 is 15.6 Å². The molecule has 1 fully saturated rings. The molecule has 0 spiro atoms. The smallest absolute Gasteiger partial charge is 0.239 e. The lowest BCUT2D eigenvalue weighted by Gasteiger charge is -2.04. The second kappa shape index (κ2) is 5.84. The Morgan fingerprint density at radius 1 is 1.38 bits per heavy atom. The summed E-state index contributed by atoms with van der Waals surface area (Å²) in [6.45, 7) is 0. The lowest BCUT2D eigenvalue weighted by atomic mass is 10.3. The van der Waals surface area contributed by atoms with Gasteiger partial charge in [-0.25, -0.2) is 18.5 Å². The first-order valence-corrected chi connectivity index (χ1v) is 8.07. The van der Waals surface area contributed by atoms with E-state index in [-0.39, 0.29) is 10.1 Å². The minimum Gasteiger partial charge on any atom is -0.550 e. The normalized spacial score (nSPS) is 20.5. The molecule has 0 aromatic heterocycles. The fraction of sp³-hybridized carbons (Fsp3) is 0.182. The van der Waals surface area contributed by atoms with Crippen LogP contribution in [0.2, 0.25) is 0 Å². The Morgan fingerprint density at radius 2 is 2.00 bits per heavy atom. The van der Waals surface area contributed by atoms with Crippen molar-refractivity contribution in [2.45, 2.75) is 16.6 Å². The van der Waals surface area contributed by atoms with Gasteiger partial charge in [0.25, 0.3) is 0 Å². The minimum absolute atomic E-state index is 0.0515. The molecule has 1 aliphatic heterocycles. The molecule has 1 aromatic rings. The number of benzene rings is 1. The van der Waals surface area contributed by atoms with Crippen LogP contribution in [0.15, 0.2) is 34.2 Å². The van der Waals surface area contributed by atoms with E-state index in [9.17, 15) is 23.1 Å². The molecule has 0 unspecified atom stereocenters. The molecule has 0 saturated carbocycles. The van der Waals surface area contributed by atoms with Crippen molar-refractivity contribution in [2.24, 2.45) is 10.1 Å². The second-order valence-corrected chi connectivity index (χ2v) is 6.88. The summed E-state index contributed by atoms with van der Waals surface area (Å²) in [7, 11) is -3.77. The standard InChI is InChI=1S/C11H11N3O5S2/c12-21(18,19)7-3-1-6(2-4-7)13-11-14-10(17)8(20-11)5-9(15)16/h1-4,8H,5H2,(H,15,16)(H2,12,18,19)(H,13,14,17)/p-1/t8-/m0/s1. The van der Waals surface area contributed by atoms with Crippen LogP contribution >= 0.6 is 11.8 Å². The predicted octanol–water partition coefficient (Wildman–Crippen LogP) is -1.31. The van der Waals surface area contributed by atoms with E-state index in [2.05, 4.69) is 10.3 Å². The highest BCUT2D eigenvalue weighted by Crippen LogP contribution is 2.25. The first kappa shape index (κ1) is 15.5. The number of aliphatic carboxylic acids is 1. The van der Waals surface area contributed by atoms with Gasteiger partial charge in [-0.1, -0.05) is 11.8 Å². The molecule has 1 amide bonds. The first-order valence-electron chi connectivity index (χ1n) is 5.64. The van der Waals surface area contributed by atoms with Crippen LogP contribution in [0.3, 0.4) is 0 Å². The molecule has 0 aliphatic carbocycles. The topological polar surface area (TPSA) is 142 Å². The Labute approximate surface area is 124 Å². The van der Waals surface area contributed by atoms with Gasteiger partial charge >= 0.3 is 0 Å². The SMILES string of the molecule is NS(=O)(=O)c1ccc(N=C2NC(=O)[C@H](CC(=O)[O-])S2)cc1. The average molecular weight is 328 g/mol. The van der Waals surface area contributed by atoms with Gasteiger partial charge in [-0.15, -0.1) is 0 Å². The van der Waals surface area contributed by atoms with Gasteiger partial charge in [0.15, 0.2) is 5.17 Å². The summed E-state index contributed by atoms with van der Waals surface area (Å²) in [5.74, 6) is -1.77. The van der Waals surface area contributed by atoms with Crippen LogP contribution in [-0.2, 0) is 19.6 Å². The number of nitrogens with zero attached hydrogens (tertiary/aromatic N) is 1. The number of aliphatic imine (C=N–C) groups is 1. The van der Waals surface area contributed by atoms with Crippen LogP contribution in [0.4, 0.5) is 5.69 Å². The summed E-state index contributed by atoms with van der Waals surface area (Å²) in [4.78, 5) is 26.0. The summed E-state index contributed by atoms with van der Waals surface area (Å²) in [5.41, 5.74) is 0.402. The molecule has 0 radical (unpaired) electrons. The number of carboxylic acids is 1. The summed E-state index contributed by atoms with van der Waals surface area (Å²) in [5, 5.41) is 17.4. The van der Waals surface area contributed by atoms with Crippen LogP contribution in [0.25, 0.3) is 0 Å². The third kappa shape index (κ3) is 4.03. The summed E-state index contributed by atoms with van der Waals surface area (Å²) in [6.07, 6.45) is -0.403. The average Bonchev–Trinajstić information content (AvgIpc) is 2.68. The maximum atomic E-state index is 11.5. The Morgan fingerprint density at radius 3 is 2.52 bits per heavy atom. The van der Waals surface area contributed by atoms with Gasteiger partial charge in [0, 0.05) is 12.4 Å². The van der Waals surface area contributed by atoms with Gasteiger partial charge < -0.3 is 15.2 Å². The van der Waals surface area contributed by atoms with Crippen LogP contribution in [-0.4, -0.2) is 30.7 Å². The number of sulfonamides is 1. The number of hydrogen-bond donors (Lipinski definition) is 2. The van der Waals surface area contributed by atoms with Crippen LogP contribution in [0.5, 0.6) is 0 Å². The maximum absolute atomic E-state index is 11.5. The quantitative estimate of drug-likeness (QED) is 0.703. The van der Waals surface area contributed by atoms with Crippen molar-refractivity contribution in [1.29, 1.82) is 0 Å². The molecule has 1 aromatic carbocycles. The number of carboxylic acid groups (broad SMARTS) is 1. The first-order chi connectivity index (χ1) is 9.75. The highest BCUT2D eigenvalue weighted by atomic mass is 32.2. The number of nitrogens with two attached hydrogens (primary N) is 1. The zero-order valence-corrected chi connectivity index (χ0v) is 12.1. The Hall–Kier alpha value is -1.91. The number of carbonyl (C=O) groups excluding carboxylic acids is 2. The number of thioether (sulfide) groups is 1. The number of rotatable bonds is 4. The van der Waals surface area contributed by atoms with Gasteiger partial charge in [-0.05, 0) is 24.3 Å². The zero-order valence-electron chi connectivity index (χ0n) is 10.5. The number of carbonyl (C=O) groups is 2. The molecule has 8 nitrogen and oxygen atoms in total. The van der Waals surface area contributed by atoms with E-state index in [0.29, 0.717) is 5.69 Å². The Balaban J connectivity index is 2.14. The van der Waals surface area contributed by atoms with Crippen molar-refractivity contribution in [3.8, 4) is 0 Å². The molecule has 1 atom stereocenters. The molecular weight excluding hydrogens is 318 g/mol. The lowest BCUT2D eigenvalue weighted by Crippen LogP contribution is -2.31. The van der Waals surface area contributed by atoms with E-state index in [4.69, 9.17) is 5.14 Å². The summed E-state index contributed by atoms with van der Waals surface area (Å²) in [6, 6.07) is 5.42. The van der Waals surface area contributed by atoms with Crippen molar-refractivity contribution in [3.05, 3.63) is 24.3 Å². The van der Waals surface area contributed by atoms with E-state index < -0.39 is 33.6 Å².